The van der Waals surface area contributed by atoms with Gasteiger partial charge in [0.15, 0.2) is 23.0 Å². The molecule has 0 aromatic heterocycles. The first-order valence-electron chi connectivity index (χ1n) is 9.51. The van der Waals surface area contributed by atoms with Crippen LogP contribution in [0.1, 0.15) is 37.8 Å². The lowest BCUT2D eigenvalue weighted by atomic mass is 10.1. The van der Waals surface area contributed by atoms with Crippen molar-refractivity contribution in [2.45, 2.75) is 39.5 Å². The van der Waals surface area contributed by atoms with E-state index >= 15 is 0 Å². The Bertz CT molecular complexity index is 845. The Labute approximate surface area is 164 Å². The van der Waals surface area contributed by atoms with Gasteiger partial charge < -0.3 is 18.9 Å². The molecule has 4 rings (SSSR count). The molecular formula is C22H24N2O4. The van der Waals surface area contributed by atoms with E-state index in [4.69, 9.17) is 18.9 Å². The van der Waals surface area contributed by atoms with E-state index < -0.39 is 0 Å². The van der Waals surface area contributed by atoms with Crippen LogP contribution < -0.4 is 18.9 Å². The third kappa shape index (κ3) is 4.44. The molecule has 2 aromatic carbocycles. The van der Waals surface area contributed by atoms with Crippen LogP contribution in [0.15, 0.2) is 46.6 Å². The highest BCUT2D eigenvalue weighted by molar-refractivity contribution is 5.85. The highest BCUT2D eigenvalue weighted by Crippen LogP contribution is 2.33. The third-order valence-corrected chi connectivity index (χ3v) is 4.82. The van der Waals surface area contributed by atoms with Gasteiger partial charge in [0.1, 0.15) is 0 Å². The zero-order chi connectivity index (χ0) is 19.3. The van der Waals surface area contributed by atoms with Gasteiger partial charge in [0.2, 0.25) is 13.6 Å². The van der Waals surface area contributed by atoms with E-state index in [1.165, 1.54) is 11.1 Å². The first-order chi connectivity index (χ1) is 13.7. The van der Waals surface area contributed by atoms with Crippen molar-refractivity contribution in [2.75, 3.05) is 13.6 Å². The van der Waals surface area contributed by atoms with Crippen molar-refractivity contribution in [2.24, 2.45) is 10.2 Å². The largest absolute Gasteiger partial charge is 0.454 e. The minimum Gasteiger partial charge on any atom is -0.454 e. The predicted octanol–water partition coefficient (Wildman–Crippen LogP) is 4.55. The Morgan fingerprint density at radius 1 is 0.679 bits per heavy atom. The summed E-state index contributed by atoms with van der Waals surface area (Å²) in [6.45, 7) is 4.64. The minimum atomic E-state index is 0.305. The molecule has 0 radical (unpaired) electrons. The van der Waals surface area contributed by atoms with E-state index in [2.05, 4.69) is 22.3 Å². The van der Waals surface area contributed by atoms with Crippen molar-refractivity contribution in [3.05, 3.63) is 47.5 Å². The standard InChI is InChI=1S/C22H24N2O4/c1-15(3-5-17-7-9-19-21(11-17)27-13-25-19)23-24-16(2)4-6-18-8-10-20-22(12-18)28-14-26-20/h7-12H,3-6,13-14H2,1-2H3/b23-15-,24-16-. The molecule has 0 saturated carbocycles. The SMILES string of the molecule is C/C(CCc1ccc2c(c1)OCO2)=N/N=C(/C)CCc1ccc2c(c1)OCO2. The maximum Gasteiger partial charge on any atom is 0.231 e. The predicted molar refractivity (Wildman–Crippen MR) is 108 cm³/mol. The second kappa shape index (κ2) is 8.33. The molecule has 0 saturated heterocycles. The Morgan fingerprint density at radius 3 is 1.57 bits per heavy atom. The molecule has 0 aliphatic carbocycles. The van der Waals surface area contributed by atoms with E-state index in [0.29, 0.717) is 13.6 Å². The summed E-state index contributed by atoms with van der Waals surface area (Å²) in [5, 5.41) is 8.77. The Hall–Kier alpha value is -3.02. The Kier molecular flexibility index (Phi) is 5.46. The van der Waals surface area contributed by atoms with Gasteiger partial charge in [-0.15, -0.1) is 0 Å². The summed E-state index contributed by atoms with van der Waals surface area (Å²) in [7, 11) is 0. The van der Waals surface area contributed by atoms with Gasteiger partial charge in [-0.1, -0.05) is 12.1 Å². The fourth-order valence-electron chi connectivity index (χ4n) is 3.11. The molecule has 0 bridgehead atoms. The molecule has 0 unspecified atom stereocenters. The van der Waals surface area contributed by atoms with Gasteiger partial charge in [0.25, 0.3) is 0 Å². The van der Waals surface area contributed by atoms with E-state index in [9.17, 15) is 0 Å². The molecule has 0 atom stereocenters. The number of ether oxygens (including phenoxy) is 4. The highest BCUT2D eigenvalue weighted by Gasteiger charge is 2.14. The molecular weight excluding hydrogens is 356 g/mol. The zero-order valence-electron chi connectivity index (χ0n) is 16.2. The topological polar surface area (TPSA) is 61.6 Å². The molecule has 0 fully saturated rings. The third-order valence-electron chi connectivity index (χ3n) is 4.82. The summed E-state index contributed by atoms with van der Waals surface area (Å²) in [5.74, 6) is 3.28. The summed E-state index contributed by atoms with van der Waals surface area (Å²) in [4.78, 5) is 0. The Balaban J connectivity index is 1.26. The molecule has 0 amide bonds. The second-order valence-corrected chi connectivity index (χ2v) is 7.05. The second-order valence-electron chi connectivity index (χ2n) is 7.05. The average Bonchev–Trinajstić information content (AvgIpc) is 3.37. The average molecular weight is 380 g/mol. The molecule has 2 heterocycles. The molecule has 6 nitrogen and oxygen atoms in total. The monoisotopic (exact) mass is 380 g/mol. The van der Waals surface area contributed by atoms with Crippen LogP contribution in [0, 0.1) is 0 Å². The quantitative estimate of drug-likeness (QED) is 0.522. The van der Waals surface area contributed by atoms with Crippen molar-refractivity contribution < 1.29 is 18.9 Å². The summed E-state index contributed by atoms with van der Waals surface area (Å²) in [6.07, 6.45) is 3.52. The smallest absolute Gasteiger partial charge is 0.231 e. The molecule has 0 spiro atoms. The molecule has 2 aliphatic heterocycles. The lowest BCUT2D eigenvalue weighted by molar-refractivity contribution is 0.173. The van der Waals surface area contributed by atoms with Gasteiger partial charge in [-0.3, -0.25) is 0 Å². The molecule has 0 N–H and O–H groups in total. The molecule has 28 heavy (non-hydrogen) atoms. The fourth-order valence-corrected chi connectivity index (χ4v) is 3.11. The van der Waals surface area contributed by atoms with Crippen LogP contribution in [-0.4, -0.2) is 25.0 Å². The van der Waals surface area contributed by atoms with Crippen molar-refractivity contribution >= 4 is 11.4 Å². The molecule has 2 aromatic rings. The van der Waals surface area contributed by atoms with E-state index in [1.807, 2.05) is 38.1 Å². The number of aryl methyl sites for hydroxylation is 2. The lowest BCUT2D eigenvalue weighted by Gasteiger charge is -2.04. The van der Waals surface area contributed by atoms with Crippen LogP contribution in [0.5, 0.6) is 23.0 Å². The minimum absolute atomic E-state index is 0.305. The van der Waals surface area contributed by atoms with Gasteiger partial charge in [0.05, 0.1) is 0 Å². The number of nitrogens with zero attached hydrogens (tertiary/aromatic N) is 2. The zero-order valence-corrected chi connectivity index (χ0v) is 16.2. The highest BCUT2D eigenvalue weighted by atomic mass is 16.7. The van der Waals surface area contributed by atoms with Crippen molar-refractivity contribution in [3.8, 4) is 23.0 Å². The van der Waals surface area contributed by atoms with E-state index in [-0.39, 0.29) is 0 Å². The number of rotatable bonds is 7. The van der Waals surface area contributed by atoms with Crippen molar-refractivity contribution in [1.82, 2.24) is 0 Å². The number of benzene rings is 2. The van der Waals surface area contributed by atoms with Gasteiger partial charge in [-0.2, -0.15) is 10.2 Å². The van der Waals surface area contributed by atoms with Crippen LogP contribution in [0.4, 0.5) is 0 Å². The molecule has 6 heteroatoms. The lowest BCUT2D eigenvalue weighted by Crippen LogP contribution is -1.98. The maximum absolute atomic E-state index is 5.42. The fraction of sp³-hybridized carbons (Fsp3) is 0.364. The van der Waals surface area contributed by atoms with Crippen molar-refractivity contribution in [1.29, 1.82) is 0 Å². The number of hydrogen-bond acceptors (Lipinski definition) is 6. The van der Waals surface area contributed by atoms with Crippen LogP contribution in [0.3, 0.4) is 0 Å². The summed E-state index contributed by atoms with van der Waals surface area (Å²) in [6, 6.07) is 12.1. The summed E-state index contributed by atoms with van der Waals surface area (Å²) in [5.41, 5.74) is 4.45. The van der Waals surface area contributed by atoms with E-state index in [1.54, 1.807) is 0 Å². The van der Waals surface area contributed by atoms with Gasteiger partial charge in [0, 0.05) is 11.4 Å². The van der Waals surface area contributed by atoms with E-state index in [0.717, 1.165) is 60.1 Å². The normalized spacial score (nSPS) is 15.2. The number of fused-ring (bicyclic) bond motifs is 2. The van der Waals surface area contributed by atoms with Crippen molar-refractivity contribution in [3.63, 3.8) is 0 Å². The first-order valence-corrected chi connectivity index (χ1v) is 9.51. The summed E-state index contributed by atoms with van der Waals surface area (Å²) < 4.78 is 21.5. The molecule has 146 valence electrons. The van der Waals surface area contributed by atoms with Crippen LogP contribution in [0.25, 0.3) is 0 Å². The Morgan fingerprint density at radius 2 is 1.11 bits per heavy atom. The van der Waals surface area contributed by atoms with Crippen LogP contribution in [-0.2, 0) is 12.8 Å². The van der Waals surface area contributed by atoms with Gasteiger partial charge in [-0.05, 0) is 74.9 Å². The van der Waals surface area contributed by atoms with Crippen LogP contribution >= 0.6 is 0 Å². The number of hydrogen-bond donors (Lipinski definition) is 0. The van der Waals surface area contributed by atoms with Crippen LogP contribution in [0.2, 0.25) is 0 Å². The first kappa shape index (κ1) is 18.3. The summed E-state index contributed by atoms with van der Waals surface area (Å²) >= 11 is 0. The maximum atomic E-state index is 5.42. The molecule has 2 aliphatic rings. The van der Waals surface area contributed by atoms with Gasteiger partial charge >= 0.3 is 0 Å². The van der Waals surface area contributed by atoms with Gasteiger partial charge in [-0.25, -0.2) is 0 Å².